The zero-order chi connectivity index (χ0) is 31.1. The molecule has 10 heteroatoms. The van der Waals surface area contributed by atoms with Gasteiger partial charge in [-0.2, -0.15) is 0 Å². The number of rotatable bonds is 12. The molecule has 0 aliphatic heterocycles. The second-order valence-electron chi connectivity index (χ2n) is 11.1. The molecule has 8 nitrogen and oxygen atoms in total. The van der Waals surface area contributed by atoms with Crippen molar-refractivity contribution < 1.29 is 22.7 Å². The minimum absolute atomic E-state index is 0.0149. The van der Waals surface area contributed by atoms with Crippen LogP contribution in [0.4, 0.5) is 5.69 Å². The summed E-state index contributed by atoms with van der Waals surface area (Å²) in [5, 5.41) is 3.51. The van der Waals surface area contributed by atoms with Gasteiger partial charge < -0.3 is 15.0 Å². The lowest BCUT2D eigenvalue weighted by molar-refractivity contribution is -0.141. The maximum absolute atomic E-state index is 14.1. The number of nitrogens with one attached hydrogen (secondary N) is 1. The molecular formula is C32H40ClN3O5S. The zero-order valence-electron chi connectivity index (χ0n) is 25.1. The summed E-state index contributed by atoms with van der Waals surface area (Å²) in [6.07, 6.45) is 0.331. The van der Waals surface area contributed by atoms with Crippen LogP contribution in [0.3, 0.4) is 0 Å². The number of ether oxygens (including phenoxy) is 1. The van der Waals surface area contributed by atoms with E-state index in [0.717, 1.165) is 15.4 Å². The number of carbonyl (C=O) groups excluding carboxylic acids is 2. The van der Waals surface area contributed by atoms with Crippen LogP contribution in [0, 0.1) is 6.92 Å². The van der Waals surface area contributed by atoms with E-state index in [1.165, 1.54) is 17.0 Å². The molecule has 0 spiro atoms. The van der Waals surface area contributed by atoms with Crippen LogP contribution in [0.1, 0.15) is 52.2 Å². The number of benzene rings is 3. The Morgan fingerprint density at radius 1 is 0.929 bits per heavy atom. The second-order valence-corrected chi connectivity index (χ2v) is 13.4. The molecule has 1 atom stereocenters. The molecule has 0 saturated heterocycles. The van der Waals surface area contributed by atoms with Crippen molar-refractivity contribution in [3.05, 3.63) is 88.9 Å². The third-order valence-corrected chi connectivity index (χ3v) is 8.51. The fourth-order valence-electron chi connectivity index (χ4n) is 4.40. The van der Waals surface area contributed by atoms with Gasteiger partial charge >= 0.3 is 0 Å². The van der Waals surface area contributed by atoms with Gasteiger partial charge in [0.25, 0.3) is 10.0 Å². The summed E-state index contributed by atoms with van der Waals surface area (Å²) < 4.78 is 34.6. The lowest BCUT2D eigenvalue weighted by Crippen LogP contribution is -2.55. The van der Waals surface area contributed by atoms with Crippen molar-refractivity contribution in [2.24, 2.45) is 0 Å². The highest BCUT2D eigenvalue weighted by molar-refractivity contribution is 7.92. The molecule has 0 heterocycles. The number of halogens is 1. The summed E-state index contributed by atoms with van der Waals surface area (Å²) >= 11 is 6.08. The van der Waals surface area contributed by atoms with E-state index in [9.17, 15) is 18.0 Å². The lowest BCUT2D eigenvalue weighted by Gasteiger charge is -2.34. The van der Waals surface area contributed by atoms with E-state index in [4.69, 9.17) is 16.3 Å². The number of amides is 2. The Kier molecular flexibility index (Phi) is 11.0. The number of anilines is 1. The van der Waals surface area contributed by atoms with Crippen LogP contribution in [0.25, 0.3) is 0 Å². The van der Waals surface area contributed by atoms with Gasteiger partial charge in [-0.25, -0.2) is 8.42 Å². The average molecular weight is 614 g/mol. The van der Waals surface area contributed by atoms with Gasteiger partial charge in [-0.3, -0.25) is 13.9 Å². The van der Waals surface area contributed by atoms with Gasteiger partial charge in [0.1, 0.15) is 18.3 Å². The first-order valence-electron chi connectivity index (χ1n) is 13.9. The first-order valence-corrected chi connectivity index (χ1v) is 15.7. The number of hydrogen-bond acceptors (Lipinski definition) is 5. The Morgan fingerprint density at radius 2 is 1.52 bits per heavy atom. The molecule has 1 N–H and O–H groups in total. The third-order valence-electron chi connectivity index (χ3n) is 6.47. The minimum atomic E-state index is -4.17. The first-order chi connectivity index (χ1) is 19.7. The Bertz CT molecular complexity index is 1450. The molecule has 3 aromatic rings. The minimum Gasteiger partial charge on any atom is -0.494 e. The molecule has 226 valence electrons. The highest BCUT2D eigenvalue weighted by Crippen LogP contribution is 2.27. The second kappa shape index (κ2) is 14.1. The Hall–Kier alpha value is -3.56. The standard InChI is InChI=1S/C32H40ClN3O5S/c1-7-29(31(38)34-32(4,5)6)35(21-24-11-13-25(33)14-12-24)30(37)22-36(26-15-9-23(3)10-16-26)42(39,40)28-19-17-27(18-20-28)41-8-2/h9-20,29H,7-8,21-22H2,1-6H3,(H,34,38)/t29-/m0/s1. The van der Waals surface area contributed by atoms with Gasteiger partial charge in [-0.15, -0.1) is 0 Å². The molecular weight excluding hydrogens is 574 g/mol. The van der Waals surface area contributed by atoms with Crippen molar-refractivity contribution in [3.63, 3.8) is 0 Å². The summed E-state index contributed by atoms with van der Waals surface area (Å²) in [6, 6.07) is 19.2. The van der Waals surface area contributed by atoms with Crippen molar-refractivity contribution in [1.29, 1.82) is 0 Å². The van der Waals surface area contributed by atoms with Crippen LogP contribution >= 0.6 is 11.6 Å². The zero-order valence-corrected chi connectivity index (χ0v) is 26.6. The number of carbonyl (C=O) groups is 2. The van der Waals surface area contributed by atoms with E-state index < -0.39 is 34.1 Å². The molecule has 42 heavy (non-hydrogen) atoms. The molecule has 0 unspecified atom stereocenters. The monoisotopic (exact) mass is 613 g/mol. The van der Waals surface area contributed by atoms with E-state index in [1.54, 1.807) is 60.7 Å². The number of hydrogen-bond donors (Lipinski definition) is 1. The van der Waals surface area contributed by atoms with Crippen LogP contribution in [0.2, 0.25) is 5.02 Å². The Balaban J connectivity index is 2.05. The van der Waals surface area contributed by atoms with Crippen molar-refractivity contribution >= 4 is 39.1 Å². The van der Waals surface area contributed by atoms with Gasteiger partial charge in [0.2, 0.25) is 11.8 Å². The van der Waals surface area contributed by atoms with E-state index in [2.05, 4.69) is 5.32 Å². The molecule has 0 radical (unpaired) electrons. The van der Waals surface area contributed by atoms with Crippen LogP contribution in [0.5, 0.6) is 5.75 Å². The molecule has 0 saturated carbocycles. The molecule has 3 rings (SSSR count). The topological polar surface area (TPSA) is 96.0 Å². The van der Waals surface area contributed by atoms with Crippen molar-refractivity contribution in [3.8, 4) is 5.75 Å². The van der Waals surface area contributed by atoms with Gasteiger partial charge in [-0.05, 0) is 95.1 Å². The highest BCUT2D eigenvalue weighted by atomic mass is 35.5. The summed E-state index contributed by atoms with van der Waals surface area (Å²) in [4.78, 5) is 29.0. The predicted octanol–water partition coefficient (Wildman–Crippen LogP) is 5.96. The number of nitrogens with zero attached hydrogens (tertiary/aromatic N) is 2. The maximum Gasteiger partial charge on any atom is 0.264 e. The summed E-state index contributed by atoms with van der Waals surface area (Å²) in [5.41, 5.74) is 1.51. The van der Waals surface area contributed by atoms with Crippen LogP contribution < -0.4 is 14.4 Å². The number of aryl methyl sites for hydroxylation is 1. The van der Waals surface area contributed by atoms with Crippen LogP contribution in [0.15, 0.2) is 77.7 Å². The average Bonchev–Trinajstić information content (AvgIpc) is 2.92. The quantitative estimate of drug-likeness (QED) is 0.272. The first kappa shape index (κ1) is 32.9. The normalized spacial score (nSPS) is 12.4. The molecule has 0 fully saturated rings. The smallest absolute Gasteiger partial charge is 0.264 e. The molecule has 0 aliphatic rings. The summed E-state index contributed by atoms with van der Waals surface area (Å²) in [6.45, 7) is 11.2. The van der Waals surface area contributed by atoms with Crippen molar-refractivity contribution in [2.75, 3.05) is 17.5 Å². The fraction of sp³-hybridized carbons (Fsp3) is 0.375. The van der Waals surface area contributed by atoms with Gasteiger partial charge in [0.05, 0.1) is 17.2 Å². The fourth-order valence-corrected chi connectivity index (χ4v) is 5.94. The lowest BCUT2D eigenvalue weighted by atomic mass is 10.1. The molecule has 0 aromatic heterocycles. The third kappa shape index (κ3) is 8.72. The van der Waals surface area contributed by atoms with E-state index in [-0.39, 0.29) is 17.3 Å². The molecule has 2 amide bonds. The van der Waals surface area contributed by atoms with Gasteiger partial charge in [0.15, 0.2) is 0 Å². The summed E-state index contributed by atoms with van der Waals surface area (Å²) in [5.74, 6) is -0.293. The highest BCUT2D eigenvalue weighted by Gasteiger charge is 2.34. The van der Waals surface area contributed by atoms with Gasteiger partial charge in [-0.1, -0.05) is 48.4 Å². The number of sulfonamides is 1. The van der Waals surface area contributed by atoms with E-state index in [0.29, 0.717) is 29.5 Å². The van der Waals surface area contributed by atoms with E-state index in [1.807, 2.05) is 41.5 Å². The maximum atomic E-state index is 14.1. The molecule has 3 aromatic carbocycles. The van der Waals surface area contributed by atoms with E-state index >= 15 is 0 Å². The Morgan fingerprint density at radius 3 is 2.05 bits per heavy atom. The van der Waals surface area contributed by atoms with Crippen LogP contribution in [-0.4, -0.2) is 49.9 Å². The predicted molar refractivity (Wildman–Crippen MR) is 167 cm³/mol. The summed E-state index contributed by atoms with van der Waals surface area (Å²) in [7, 11) is -4.17. The Labute approximate surface area is 254 Å². The SMILES string of the molecule is CCOc1ccc(S(=O)(=O)N(CC(=O)N(Cc2ccc(Cl)cc2)[C@@H](CC)C(=O)NC(C)(C)C)c2ccc(C)cc2)cc1. The molecule has 0 aliphatic carbocycles. The largest absolute Gasteiger partial charge is 0.494 e. The van der Waals surface area contributed by atoms with Crippen LogP contribution in [-0.2, 0) is 26.2 Å². The van der Waals surface area contributed by atoms with Crippen molar-refractivity contribution in [2.45, 2.75) is 71.0 Å². The van der Waals surface area contributed by atoms with Crippen molar-refractivity contribution in [1.82, 2.24) is 10.2 Å². The van der Waals surface area contributed by atoms with Gasteiger partial charge in [0, 0.05) is 17.1 Å². The molecule has 0 bridgehead atoms.